The number of carbonyl (C=O) groups is 2. The van der Waals surface area contributed by atoms with E-state index in [1.807, 2.05) is 25.1 Å². The largest absolute Gasteiger partial charge is 0.512 e. The van der Waals surface area contributed by atoms with E-state index < -0.39 is 6.16 Å². The van der Waals surface area contributed by atoms with E-state index in [1.54, 1.807) is 55.6 Å². The molecule has 0 spiro atoms. The van der Waals surface area contributed by atoms with Gasteiger partial charge in [-0.25, -0.2) is 4.79 Å². The van der Waals surface area contributed by atoms with E-state index in [9.17, 15) is 9.59 Å². The molecule has 0 amide bonds. The van der Waals surface area contributed by atoms with E-state index >= 15 is 0 Å². The van der Waals surface area contributed by atoms with Crippen molar-refractivity contribution in [2.24, 2.45) is 0 Å². The van der Waals surface area contributed by atoms with Crippen LogP contribution in [0.3, 0.4) is 0 Å². The number of hydrogen-bond donors (Lipinski definition) is 0. The van der Waals surface area contributed by atoms with Crippen molar-refractivity contribution < 1.29 is 61.2 Å². The Bertz CT molecular complexity index is 781. The fourth-order valence-electron chi connectivity index (χ4n) is 1.98. The molecule has 2 aromatic carbocycles. The summed E-state index contributed by atoms with van der Waals surface area (Å²) in [6, 6.07) is 19.0. The number of rotatable bonds is 8. The first-order valence-electron chi connectivity index (χ1n) is 9.17. The molecule has 0 heterocycles. The van der Waals surface area contributed by atoms with Crippen molar-refractivity contribution in [1.82, 2.24) is 4.90 Å². The van der Waals surface area contributed by atoms with Crippen molar-refractivity contribution in [1.29, 1.82) is 0 Å². The Morgan fingerprint density at radius 2 is 1.45 bits per heavy atom. The topological polar surface area (TPSA) is 74.3 Å². The van der Waals surface area contributed by atoms with Crippen LogP contribution in [-0.2, 0) is 47.0 Å². The molecule has 1 radical (unpaired) electrons. The molecule has 0 aliphatic heterocycles. The number of nitrogens with zero attached hydrogens (tertiary/aromatic N) is 1. The molecule has 0 aliphatic carbocycles. The molecule has 7 nitrogen and oxygen atoms in total. The first-order valence-corrected chi connectivity index (χ1v) is 9.17. The van der Waals surface area contributed by atoms with E-state index in [-0.39, 0.29) is 45.3 Å². The molecule has 2 rings (SSSR count). The summed E-state index contributed by atoms with van der Waals surface area (Å²) in [6.45, 7) is 2.70. The van der Waals surface area contributed by atoms with Crippen LogP contribution in [0, 0.1) is 12.1 Å². The first kappa shape index (κ1) is 28.9. The molecule has 0 bridgehead atoms. The maximum atomic E-state index is 11.5. The average molecular weight is 502 g/mol. The minimum absolute atomic E-state index is 0. The quantitative estimate of drug-likeness (QED) is 0.180. The van der Waals surface area contributed by atoms with Crippen molar-refractivity contribution in [3.63, 3.8) is 0 Å². The molecule has 0 unspecified atom stereocenters. The maximum absolute atomic E-state index is 11.5. The fraction of sp³-hybridized carbons (Fsp3) is 0.304. The summed E-state index contributed by atoms with van der Waals surface area (Å²) in [6.07, 6.45) is 1.23. The molecule has 0 fully saturated rings. The van der Waals surface area contributed by atoms with Gasteiger partial charge in [0.25, 0.3) is 0 Å². The second kappa shape index (κ2) is 17.6. The number of esters is 1. The molecule has 31 heavy (non-hydrogen) atoms. The minimum Gasteiger partial charge on any atom is -0.453 e. The van der Waals surface area contributed by atoms with Gasteiger partial charge in [-0.2, -0.15) is 36.4 Å². The molecule has 2 aromatic rings. The second-order valence-corrected chi connectivity index (χ2v) is 6.26. The second-order valence-electron chi connectivity index (χ2n) is 6.26. The van der Waals surface area contributed by atoms with Gasteiger partial charge in [-0.05, 0) is 19.7 Å². The van der Waals surface area contributed by atoms with Crippen molar-refractivity contribution in [3.8, 4) is 11.5 Å². The van der Waals surface area contributed by atoms with Crippen molar-refractivity contribution >= 4 is 12.1 Å². The Morgan fingerprint density at radius 3 is 1.90 bits per heavy atom. The van der Waals surface area contributed by atoms with E-state index in [0.717, 1.165) is 12.1 Å². The third-order valence-electron chi connectivity index (χ3n) is 3.29. The number of ether oxygens (including phenoxy) is 4. The molecule has 165 valence electrons. The molecular weight excluding hydrogens is 475 g/mol. The Hall–Kier alpha value is -2.06. The Morgan fingerprint density at radius 1 is 0.935 bits per heavy atom. The zero-order valence-corrected chi connectivity index (χ0v) is 21.1. The number of carbonyl (C=O) groups excluding carboxylic acids is 2. The van der Waals surface area contributed by atoms with Crippen LogP contribution in [0.15, 0.2) is 60.2 Å². The number of likely N-dealkylation sites (N-methyl/N-ethyl adjacent to an activating group) is 1. The van der Waals surface area contributed by atoms with E-state index in [0.29, 0.717) is 18.1 Å². The van der Waals surface area contributed by atoms with Crippen LogP contribution in [0.4, 0.5) is 4.79 Å². The molecule has 0 N–H and O–H groups in total. The molecule has 0 saturated heterocycles. The molecule has 8 heteroatoms. The SMILES string of the molecule is CC(=O)Oc1cc[c-]cc1.COC/C(=C\CN(C)C)COC(=O)Oc1cc[c-]cc1.[Y]. The third kappa shape index (κ3) is 15.4. The Balaban J connectivity index is 0.000000688. The van der Waals surface area contributed by atoms with Gasteiger partial charge in [0.05, 0.1) is 6.61 Å². The minimum atomic E-state index is -0.733. The zero-order valence-electron chi connectivity index (χ0n) is 18.3. The van der Waals surface area contributed by atoms with Gasteiger partial charge in [0, 0.05) is 64.8 Å². The normalized spacial score (nSPS) is 10.3. The smallest absolute Gasteiger partial charge is 0.453 e. The fourth-order valence-corrected chi connectivity index (χ4v) is 1.98. The van der Waals surface area contributed by atoms with Gasteiger partial charge in [-0.3, -0.25) is 4.79 Å². The van der Waals surface area contributed by atoms with Gasteiger partial charge in [-0.15, -0.1) is 24.3 Å². The third-order valence-corrected chi connectivity index (χ3v) is 3.29. The van der Waals surface area contributed by atoms with Gasteiger partial charge < -0.3 is 23.8 Å². The van der Waals surface area contributed by atoms with E-state index in [1.165, 1.54) is 6.92 Å². The zero-order chi connectivity index (χ0) is 22.2. The van der Waals surface area contributed by atoms with Gasteiger partial charge in [-0.1, -0.05) is 6.08 Å². The van der Waals surface area contributed by atoms with Gasteiger partial charge >= 0.3 is 12.1 Å². The van der Waals surface area contributed by atoms with Crippen LogP contribution in [0.1, 0.15) is 6.92 Å². The van der Waals surface area contributed by atoms with Crippen LogP contribution in [0.25, 0.3) is 0 Å². The van der Waals surface area contributed by atoms with Crippen molar-refractivity contribution in [2.45, 2.75) is 6.92 Å². The predicted octanol–water partition coefficient (Wildman–Crippen LogP) is 3.55. The van der Waals surface area contributed by atoms with Crippen LogP contribution >= 0.6 is 0 Å². The van der Waals surface area contributed by atoms with Crippen LogP contribution < -0.4 is 9.47 Å². The van der Waals surface area contributed by atoms with Crippen molar-refractivity contribution in [3.05, 3.63) is 72.3 Å². The predicted molar refractivity (Wildman–Crippen MR) is 112 cm³/mol. The number of hydrogen-bond acceptors (Lipinski definition) is 7. The molecular formula is C23H27NO6Y-2. The van der Waals surface area contributed by atoms with Gasteiger partial charge in [0.2, 0.25) is 0 Å². The van der Waals surface area contributed by atoms with Crippen LogP contribution in [0.5, 0.6) is 11.5 Å². The maximum Gasteiger partial charge on any atom is 0.512 e. The summed E-state index contributed by atoms with van der Waals surface area (Å²) in [7, 11) is 5.52. The van der Waals surface area contributed by atoms with Gasteiger partial charge in [0.1, 0.15) is 6.61 Å². The standard InChI is InChI=1S/C15H20NO4.C8H7O2.Y/c1-16(2)10-9-13(11-18-3)12-19-15(17)20-14-7-5-4-6-8-14;1-7(9)10-8-5-3-2-4-6-8;/h5-9H,10-12H2,1-3H3;3-6H,1H3;/q2*-1;/b13-9+;;. The molecule has 0 aliphatic rings. The van der Waals surface area contributed by atoms with Crippen molar-refractivity contribution in [2.75, 3.05) is 41.0 Å². The molecule has 0 atom stereocenters. The molecule has 0 saturated carbocycles. The monoisotopic (exact) mass is 502 g/mol. The summed E-state index contributed by atoms with van der Waals surface area (Å²) in [5.74, 6) is 0.691. The van der Waals surface area contributed by atoms with Gasteiger partial charge in [0.15, 0.2) is 0 Å². The molecule has 0 aromatic heterocycles. The Labute approximate surface area is 209 Å². The average Bonchev–Trinajstić information content (AvgIpc) is 2.71. The first-order chi connectivity index (χ1) is 14.4. The van der Waals surface area contributed by atoms with Crippen LogP contribution in [0.2, 0.25) is 0 Å². The summed E-state index contributed by atoms with van der Waals surface area (Å²) in [5.41, 5.74) is 0.888. The summed E-state index contributed by atoms with van der Waals surface area (Å²) in [5, 5.41) is 0. The van der Waals surface area contributed by atoms with E-state index in [4.69, 9.17) is 18.9 Å². The summed E-state index contributed by atoms with van der Waals surface area (Å²) in [4.78, 5) is 23.9. The van der Waals surface area contributed by atoms with Crippen LogP contribution in [-0.4, -0.2) is 58.0 Å². The Kier molecular flexibility index (Phi) is 16.4. The summed E-state index contributed by atoms with van der Waals surface area (Å²) < 4.78 is 19.9. The van der Waals surface area contributed by atoms with E-state index in [2.05, 4.69) is 12.1 Å². The summed E-state index contributed by atoms with van der Waals surface area (Å²) >= 11 is 0. The number of benzene rings is 2. The number of methoxy groups -OCH3 is 1.